The Bertz CT molecular complexity index is 552. The van der Waals surface area contributed by atoms with Crippen molar-refractivity contribution in [1.29, 1.82) is 0 Å². The number of carboxylic acid groups (broad SMARTS) is 1. The molecule has 0 aliphatic rings. The topological polar surface area (TPSA) is 69.6 Å². The van der Waals surface area contributed by atoms with Gasteiger partial charge in [-0.1, -0.05) is 42.5 Å². The fourth-order valence-corrected chi connectivity index (χ4v) is 1.95. The molecule has 2 aromatic carbocycles. The fourth-order valence-electron chi connectivity index (χ4n) is 1.95. The van der Waals surface area contributed by atoms with Crippen molar-refractivity contribution in [3.8, 4) is 5.75 Å². The molecule has 0 saturated carbocycles. The minimum absolute atomic E-state index is 0.179. The SMILES string of the molecule is O=C(O)C(Cc1ccc(O)cc1)NCc1ccccc1. The summed E-state index contributed by atoms with van der Waals surface area (Å²) in [6.45, 7) is 0.510. The van der Waals surface area contributed by atoms with Gasteiger partial charge in [-0.2, -0.15) is 0 Å². The Morgan fingerprint density at radius 3 is 2.25 bits per heavy atom. The van der Waals surface area contributed by atoms with Crippen molar-refractivity contribution in [2.45, 2.75) is 19.0 Å². The molecule has 2 rings (SSSR count). The molecule has 0 saturated heterocycles. The summed E-state index contributed by atoms with van der Waals surface area (Å²) in [5, 5.41) is 21.5. The van der Waals surface area contributed by atoms with E-state index in [2.05, 4.69) is 5.32 Å². The van der Waals surface area contributed by atoms with Crippen LogP contribution in [0.15, 0.2) is 54.6 Å². The first-order valence-corrected chi connectivity index (χ1v) is 6.43. The normalized spacial score (nSPS) is 12.0. The Kier molecular flexibility index (Phi) is 4.74. The second kappa shape index (κ2) is 6.73. The van der Waals surface area contributed by atoms with Crippen LogP contribution in [-0.4, -0.2) is 22.2 Å². The van der Waals surface area contributed by atoms with Gasteiger partial charge in [0.2, 0.25) is 0 Å². The van der Waals surface area contributed by atoms with Crippen molar-refractivity contribution in [2.75, 3.05) is 0 Å². The lowest BCUT2D eigenvalue weighted by molar-refractivity contribution is -0.139. The zero-order valence-corrected chi connectivity index (χ0v) is 11.0. The first-order chi connectivity index (χ1) is 9.65. The highest BCUT2D eigenvalue weighted by molar-refractivity contribution is 5.73. The number of phenolic OH excluding ortho intramolecular Hbond substituents is 1. The highest BCUT2D eigenvalue weighted by Gasteiger charge is 2.17. The second-order valence-electron chi connectivity index (χ2n) is 4.63. The van der Waals surface area contributed by atoms with Gasteiger partial charge in [0.15, 0.2) is 0 Å². The molecule has 1 atom stereocenters. The third-order valence-corrected chi connectivity index (χ3v) is 3.07. The van der Waals surface area contributed by atoms with Crippen molar-refractivity contribution in [3.63, 3.8) is 0 Å². The second-order valence-corrected chi connectivity index (χ2v) is 4.63. The standard InChI is InChI=1S/C16H17NO3/c18-14-8-6-12(7-9-14)10-15(16(19)20)17-11-13-4-2-1-3-5-13/h1-9,15,17-18H,10-11H2,(H,19,20). The van der Waals surface area contributed by atoms with Crippen LogP contribution in [0.1, 0.15) is 11.1 Å². The smallest absolute Gasteiger partial charge is 0.321 e. The average molecular weight is 271 g/mol. The number of aliphatic carboxylic acids is 1. The monoisotopic (exact) mass is 271 g/mol. The predicted molar refractivity (Wildman–Crippen MR) is 76.5 cm³/mol. The van der Waals surface area contributed by atoms with Gasteiger partial charge >= 0.3 is 5.97 Å². The molecule has 0 fully saturated rings. The van der Waals surface area contributed by atoms with E-state index in [0.717, 1.165) is 11.1 Å². The van der Waals surface area contributed by atoms with Crippen LogP contribution in [0.5, 0.6) is 5.75 Å². The summed E-state index contributed by atoms with van der Waals surface area (Å²) < 4.78 is 0. The van der Waals surface area contributed by atoms with Crippen LogP contribution in [0.25, 0.3) is 0 Å². The molecule has 0 amide bonds. The summed E-state index contributed by atoms with van der Waals surface area (Å²) in [4.78, 5) is 11.3. The maximum atomic E-state index is 11.3. The van der Waals surface area contributed by atoms with Crippen molar-refractivity contribution < 1.29 is 15.0 Å². The molecular weight excluding hydrogens is 254 g/mol. The van der Waals surface area contributed by atoms with Crippen molar-refractivity contribution >= 4 is 5.97 Å². The summed E-state index contributed by atoms with van der Waals surface area (Å²) in [7, 11) is 0. The molecule has 0 radical (unpaired) electrons. The van der Waals surface area contributed by atoms with E-state index in [4.69, 9.17) is 0 Å². The Balaban J connectivity index is 1.97. The Labute approximate surface area is 117 Å². The van der Waals surface area contributed by atoms with E-state index in [1.54, 1.807) is 24.3 Å². The van der Waals surface area contributed by atoms with Crippen LogP contribution in [0.2, 0.25) is 0 Å². The number of rotatable bonds is 6. The number of carbonyl (C=O) groups is 1. The third-order valence-electron chi connectivity index (χ3n) is 3.07. The maximum absolute atomic E-state index is 11.3. The van der Waals surface area contributed by atoms with Gasteiger partial charge < -0.3 is 15.5 Å². The molecule has 104 valence electrons. The van der Waals surface area contributed by atoms with Crippen LogP contribution in [0.4, 0.5) is 0 Å². The number of hydrogen-bond acceptors (Lipinski definition) is 3. The number of nitrogens with one attached hydrogen (secondary N) is 1. The molecule has 0 aromatic heterocycles. The van der Waals surface area contributed by atoms with E-state index in [-0.39, 0.29) is 5.75 Å². The highest BCUT2D eigenvalue weighted by Crippen LogP contribution is 2.11. The molecule has 0 heterocycles. The van der Waals surface area contributed by atoms with Gasteiger partial charge in [0, 0.05) is 6.54 Å². The van der Waals surface area contributed by atoms with E-state index < -0.39 is 12.0 Å². The third kappa shape index (κ3) is 4.10. The quantitative estimate of drug-likeness (QED) is 0.753. The van der Waals surface area contributed by atoms with Gasteiger partial charge in [-0.3, -0.25) is 4.79 Å². The van der Waals surface area contributed by atoms with Crippen molar-refractivity contribution in [1.82, 2.24) is 5.32 Å². The molecule has 20 heavy (non-hydrogen) atoms. The van der Waals surface area contributed by atoms with Gasteiger partial charge in [0.1, 0.15) is 11.8 Å². The molecule has 4 heteroatoms. The lowest BCUT2D eigenvalue weighted by Crippen LogP contribution is -2.38. The summed E-state index contributed by atoms with van der Waals surface area (Å²) in [5.74, 6) is -0.702. The molecule has 0 aliphatic carbocycles. The van der Waals surface area contributed by atoms with Crippen LogP contribution >= 0.6 is 0 Å². The van der Waals surface area contributed by atoms with E-state index in [1.165, 1.54) is 0 Å². The first-order valence-electron chi connectivity index (χ1n) is 6.43. The maximum Gasteiger partial charge on any atom is 0.321 e. The fraction of sp³-hybridized carbons (Fsp3) is 0.188. The summed E-state index contributed by atoms with van der Waals surface area (Å²) in [5.41, 5.74) is 1.92. The van der Waals surface area contributed by atoms with Gasteiger partial charge in [-0.05, 0) is 29.7 Å². The van der Waals surface area contributed by atoms with Crippen LogP contribution in [0.3, 0.4) is 0 Å². The van der Waals surface area contributed by atoms with Crippen LogP contribution in [0, 0.1) is 0 Å². The van der Waals surface area contributed by atoms with E-state index in [9.17, 15) is 15.0 Å². The van der Waals surface area contributed by atoms with Crippen molar-refractivity contribution in [3.05, 3.63) is 65.7 Å². The van der Waals surface area contributed by atoms with Gasteiger partial charge in [-0.15, -0.1) is 0 Å². The molecule has 3 N–H and O–H groups in total. The lowest BCUT2D eigenvalue weighted by Gasteiger charge is -2.14. The minimum Gasteiger partial charge on any atom is -0.508 e. The van der Waals surface area contributed by atoms with E-state index in [1.807, 2.05) is 30.3 Å². The number of phenols is 1. The van der Waals surface area contributed by atoms with Crippen molar-refractivity contribution in [2.24, 2.45) is 0 Å². The lowest BCUT2D eigenvalue weighted by atomic mass is 10.1. The van der Waals surface area contributed by atoms with Gasteiger partial charge in [-0.25, -0.2) is 0 Å². The molecule has 1 unspecified atom stereocenters. The first kappa shape index (κ1) is 14.1. The van der Waals surface area contributed by atoms with E-state index >= 15 is 0 Å². The molecule has 0 spiro atoms. The zero-order chi connectivity index (χ0) is 14.4. The van der Waals surface area contributed by atoms with Gasteiger partial charge in [0.25, 0.3) is 0 Å². The molecular formula is C16H17NO3. The molecule has 0 bridgehead atoms. The number of hydrogen-bond donors (Lipinski definition) is 3. The molecule has 0 aliphatic heterocycles. The summed E-state index contributed by atoms with van der Waals surface area (Å²) in [6.07, 6.45) is 0.377. The number of carboxylic acids is 1. The largest absolute Gasteiger partial charge is 0.508 e. The Morgan fingerprint density at radius 1 is 1.00 bits per heavy atom. The molecule has 2 aromatic rings. The van der Waals surface area contributed by atoms with Crippen LogP contribution < -0.4 is 5.32 Å². The number of benzene rings is 2. The summed E-state index contributed by atoms with van der Waals surface area (Å²) >= 11 is 0. The minimum atomic E-state index is -0.881. The zero-order valence-electron chi connectivity index (χ0n) is 11.0. The molecule has 4 nitrogen and oxygen atoms in total. The summed E-state index contributed by atoms with van der Waals surface area (Å²) in [6, 6.07) is 15.6. The number of aromatic hydroxyl groups is 1. The Hall–Kier alpha value is -2.33. The van der Waals surface area contributed by atoms with E-state index in [0.29, 0.717) is 13.0 Å². The van der Waals surface area contributed by atoms with Crippen LogP contribution in [-0.2, 0) is 17.8 Å². The Morgan fingerprint density at radius 2 is 1.65 bits per heavy atom. The highest BCUT2D eigenvalue weighted by atomic mass is 16.4. The van der Waals surface area contributed by atoms with Gasteiger partial charge in [0.05, 0.1) is 0 Å². The average Bonchev–Trinajstić information content (AvgIpc) is 2.46. The predicted octanol–water partition coefficient (Wildman–Crippen LogP) is 2.18.